The molecule has 27 heavy (non-hydrogen) atoms. The minimum atomic E-state index is -0.309. The molecule has 1 aromatic carbocycles. The number of nitrogens with zero attached hydrogens (tertiary/aromatic N) is 2. The summed E-state index contributed by atoms with van der Waals surface area (Å²) in [6.07, 6.45) is 5.20. The summed E-state index contributed by atoms with van der Waals surface area (Å²) in [5.74, 6) is 0.535. The Morgan fingerprint density at radius 2 is 1.93 bits per heavy atom. The van der Waals surface area contributed by atoms with Crippen LogP contribution >= 0.6 is 0 Å². The summed E-state index contributed by atoms with van der Waals surface area (Å²) in [4.78, 5) is 27.0. The summed E-state index contributed by atoms with van der Waals surface area (Å²) in [6.45, 7) is 2.39. The molecule has 4 rings (SSSR count). The van der Waals surface area contributed by atoms with Crippen LogP contribution in [0.3, 0.4) is 0 Å². The topological polar surface area (TPSA) is 91.2 Å². The quantitative estimate of drug-likeness (QED) is 0.724. The Labute approximate surface area is 156 Å². The molecule has 0 bridgehead atoms. The molecule has 3 heterocycles. The lowest BCUT2D eigenvalue weighted by Crippen LogP contribution is -2.40. The van der Waals surface area contributed by atoms with E-state index in [1.54, 1.807) is 30.5 Å². The van der Waals surface area contributed by atoms with Crippen LogP contribution in [-0.2, 0) is 0 Å². The highest BCUT2D eigenvalue weighted by Crippen LogP contribution is 2.24. The van der Waals surface area contributed by atoms with Crippen LogP contribution < -0.4 is 10.9 Å². The lowest BCUT2D eigenvalue weighted by Gasteiger charge is -2.33. The number of nitrogens with one attached hydrogen (secondary N) is 2. The van der Waals surface area contributed by atoms with Crippen LogP contribution in [0.2, 0.25) is 0 Å². The Kier molecular flexibility index (Phi) is 5.02. The first kappa shape index (κ1) is 17.5. The third-order valence-electron chi connectivity index (χ3n) is 5.07. The van der Waals surface area contributed by atoms with Gasteiger partial charge in [0.15, 0.2) is 5.69 Å². The van der Waals surface area contributed by atoms with Gasteiger partial charge >= 0.3 is 0 Å². The van der Waals surface area contributed by atoms with Crippen LogP contribution in [0.5, 0.6) is 0 Å². The van der Waals surface area contributed by atoms with Gasteiger partial charge in [-0.15, -0.1) is 0 Å². The van der Waals surface area contributed by atoms with Gasteiger partial charge in [-0.1, -0.05) is 24.6 Å². The lowest BCUT2D eigenvalue weighted by atomic mass is 10.1. The summed E-state index contributed by atoms with van der Waals surface area (Å²) in [5.41, 5.74) is -0.0778. The van der Waals surface area contributed by atoms with E-state index in [1.165, 1.54) is 6.42 Å². The maximum absolute atomic E-state index is 12.8. The zero-order valence-corrected chi connectivity index (χ0v) is 15.0. The fourth-order valence-electron chi connectivity index (χ4n) is 3.68. The number of amides is 1. The summed E-state index contributed by atoms with van der Waals surface area (Å²) >= 11 is 0. The van der Waals surface area contributed by atoms with Gasteiger partial charge in [-0.3, -0.25) is 14.5 Å². The minimum Gasteiger partial charge on any atom is -0.468 e. The van der Waals surface area contributed by atoms with Gasteiger partial charge in [0.25, 0.3) is 11.5 Å². The van der Waals surface area contributed by atoms with Gasteiger partial charge in [0, 0.05) is 11.9 Å². The fourth-order valence-corrected chi connectivity index (χ4v) is 3.68. The van der Waals surface area contributed by atoms with Gasteiger partial charge in [0.2, 0.25) is 0 Å². The van der Waals surface area contributed by atoms with Crippen molar-refractivity contribution < 1.29 is 9.21 Å². The van der Waals surface area contributed by atoms with E-state index < -0.39 is 0 Å². The van der Waals surface area contributed by atoms with E-state index in [9.17, 15) is 9.59 Å². The monoisotopic (exact) mass is 366 g/mol. The van der Waals surface area contributed by atoms with Crippen LogP contribution in [-0.4, -0.2) is 40.6 Å². The molecular formula is C20H22N4O3. The number of furan rings is 1. The predicted molar refractivity (Wildman–Crippen MR) is 102 cm³/mol. The van der Waals surface area contributed by atoms with Crippen LogP contribution in [0.25, 0.3) is 10.8 Å². The lowest BCUT2D eigenvalue weighted by molar-refractivity contribution is 0.0910. The van der Waals surface area contributed by atoms with Crippen LogP contribution in [0, 0.1) is 0 Å². The van der Waals surface area contributed by atoms with Crippen molar-refractivity contribution in [1.82, 2.24) is 20.4 Å². The smallest absolute Gasteiger partial charge is 0.272 e. The normalized spacial score (nSPS) is 16.3. The van der Waals surface area contributed by atoms with Crippen LogP contribution in [0.1, 0.15) is 41.6 Å². The summed E-state index contributed by atoms with van der Waals surface area (Å²) in [5, 5.41) is 10.4. The molecule has 1 saturated heterocycles. The Morgan fingerprint density at radius 3 is 2.67 bits per heavy atom. The van der Waals surface area contributed by atoms with Crippen molar-refractivity contribution in [2.45, 2.75) is 25.3 Å². The van der Waals surface area contributed by atoms with E-state index in [4.69, 9.17) is 4.42 Å². The number of H-pyrrole nitrogens is 1. The van der Waals surface area contributed by atoms with Gasteiger partial charge in [0.1, 0.15) is 5.76 Å². The van der Waals surface area contributed by atoms with Gasteiger partial charge in [0.05, 0.1) is 17.7 Å². The van der Waals surface area contributed by atoms with Crippen molar-refractivity contribution in [1.29, 1.82) is 0 Å². The van der Waals surface area contributed by atoms with E-state index in [1.807, 2.05) is 12.1 Å². The first-order valence-corrected chi connectivity index (χ1v) is 9.27. The molecule has 7 nitrogen and oxygen atoms in total. The molecule has 140 valence electrons. The van der Waals surface area contributed by atoms with E-state index in [0.29, 0.717) is 17.3 Å². The SMILES string of the molecule is O=C(NC[C@H](c1ccco1)N1CCCCC1)c1n[nH]c(=O)c2ccccc12. The standard InChI is InChI=1S/C20H22N4O3/c25-19-15-8-3-2-7-14(15)18(22-23-19)20(26)21-13-16(17-9-6-12-27-17)24-10-4-1-5-11-24/h2-3,6-9,12,16H,1,4-5,10-11,13H2,(H,21,26)(H,23,25)/t16-/m1/s1. The molecule has 0 radical (unpaired) electrons. The zero-order chi connectivity index (χ0) is 18.6. The zero-order valence-electron chi connectivity index (χ0n) is 15.0. The fraction of sp³-hybridized carbons (Fsp3) is 0.350. The number of likely N-dealkylation sites (tertiary alicyclic amines) is 1. The molecule has 7 heteroatoms. The number of piperidine rings is 1. The van der Waals surface area contributed by atoms with E-state index in [0.717, 1.165) is 31.7 Å². The molecule has 0 saturated carbocycles. The molecule has 1 amide bonds. The van der Waals surface area contributed by atoms with Crippen molar-refractivity contribution in [3.05, 3.63) is 64.5 Å². The summed E-state index contributed by atoms with van der Waals surface area (Å²) in [6, 6.07) is 10.8. The number of carbonyl (C=O) groups is 1. The second-order valence-electron chi connectivity index (χ2n) is 6.78. The third kappa shape index (κ3) is 3.64. The second-order valence-corrected chi connectivity index (χ2v) is 6.78. The largest absolute Gasteiger partial charge is 0.468 e. The van der Waals surface area contributed by atoms with Gasteiger partial charge in [-0.25, -0.2) is 5.10 Å². The summed E-state index contributed by atoms with van der Waals surface area (Å²) < 4.78 is 5.62. The molecule has 0 spiro atoms. The van der Waals surface area contributed by atoms with Crippen molar-refractivity contribution in [3.63, 3.8) is 0 Å². The Bertz CT molecular complexity index is 974. The van der Waals surface area contributed by atoms with Crippen LogP contribution in [0.4, 0.5) is 0 Å². The van der Waals surface area contributed by atoms with Crippen molar-refractivity contribution >= 4 is 16.7 Å². The number of hydrogen-bond acceptors (Lipinski definition) is 5. The van der Waals surface area contributed by atoms with Crippen molar-refractivity contribution in [3.8, 4) is 0 Å². The number of aromatic amines is 1. The number of carbonyl (C=O) groups excluding carboxylic acids is 1. The predicted octanol–water partition coefficient (Wildman–Crippen LogP) is 2.47. The number of aromatic nitrogens is 2. The van der Waals surface area contributed by atoms with Crippen molar-refractivity contribution in [2.75, 3.05) is 19.6 Å². The Balaban J connectivity index is 1.55. The molecule has 1 fully saturated rings. The third-order valence-corrected chi connectivity index (χ3v) is 5.07. The molecule has 3 aromatic rings. The van der Waals surface area contributed by atoms with E-state index >= 15 is 0 Å². The Hall–Kier alpha value is -2.93. The second kappa shape index (κ2) is 7.75. The highest BCUT2D eigenvalue weighted by Gasteiger charge is 2.25. The highest BCUT2D eigenvalue weighted by atomic mass is 16.3. The molecule has 2 N–H and O–H groups in total. The van der Waals surface area contributed by atoms with Crippen molar-refractivity contribution in [2.24, 2.45) is 0 Å². The van der Waals surface area contributed by atoms with Crippen LogP contribution in [0.15, 0.2) is 51.9 Å². The van der Waals surface area contributed by atoms with E-state index in [2.05, 4.69) is 20.4 Å². The van der Waals surface area contributed by atoms with E-state index in [-0.39, 0.29) is 23.2 Å². The average molecular weight is 366 g/mol. The molecule has 1 atom stereocenters. The first-order valence-electron chi connectivity index (χ1n) is 9.27. The molecule has 0 aliphatic carbocycles. The molecular weight excluding hydrogens is 344 g/mol. The average Bonchev–Trinajstić information content (AvgIpc) is 3.24. The number of hydrogen-bond donors (Lipinski definition) is 2. The number of fused-ring (bicyclic) bond motifs is 1. The first-order chi connectivity index (χ1) is 13.2. The number of rotatable bonds is 5. The molecule has 0 unspecified atom stereocenters. The maximum Gasteiger partial charge on any atom is 0.272 e. The maximum atomic E-state index is 12.8. The van der Waals surface area contributed by atoms with Gasteiger partial charge < -0.3 is 9.73 Å². The Morgan fingerprint density at radius 1 is 1.15 bits per heavy atom. The van der Waals surface area contributed by atoms with Gasteiger partial charge in [-0.2, -0.15) is 5.10 Å². The molecule has 1 aliphatic heterocycles. The number of benzene rings is 1. The molecule has 1 aliphatic rings. The van der Waals surface area contributed by atoms with Gasteiger partial charge in [-0.05, 0) is 44.1 Å². The minimum absolute atomic E-state index is 0.0155. The highest BCUT2D eigenvalue weighted by molar-refractivity contribution is 6.04. The summed E-state index contributed by atoms with van der Waals surface area (Å²) in [7, 11) is 0. The molecule has 2 aromatic heterocycles.